The maximum Gasteiger partial charge on any atom is 0.0420 e. The molecule has 20 heavy (non-hydrogen) atoms. The van der Waals surface area contributed by atoms with Crippen molar-refractivity contribution in [1.82, 2.24) is 5.32 Å². The van der Waals surface area contributed by atoms with E-state index in [9.17, 15) is 0 Å². The SMILES string of the molecule is CCCNC(c1cc(Cl)cc(Br)c1)C1CCC(C)CC1. The maximum absolute atomic E-state index is 6.23. The molecule has 0 aromatic heterocycles. The summed E-state index contributed by atoms with van der Waals surface area (Å²) < 4.78 is 1.08. The van der Waals surface area contributed by atoms with Crippen molar-refractivity contribution in [3.8, 4) is 0 Å². The molecule has 0 amide bonds. The fraction of sp³-hybridized carbons (Fsp3) is 0.647. The molecule has 1 unspecified atom stereocenters. The zero-order valence-electron chi connectivity index (χ0n) is 12.5. The van der Waals surface area contributed by atoms with Crippen LogP contribution in [0, 0.1) is 11.8 Å². The Bertz CT molecular complexity index is 407. The van der Waals surface area contributed by atoms with E-state index in [1.54, 1.807) is 0 Å². The van der Waals surface area contributed by atoms with Crippen LogP contribution in [-0.2, 0) is 0 Å². The third kappa shape index (κ3) is 4.47. The van der Waals surface area contributed by atoms with E-state index in [1.807, 2.05) is 6.07 Å². The first-order valence-corrected chi connectivity index (χ1v) is 8.96. The first-order chi connectivity index (χ1) is 9.60. The number of nitrogens with one attached hydrogen (secondary N) is 1. The summed E-state index contributed by atoms with van der Waals surface area (Å²) in [5.74, 6) is 1.63. The summed E-state index contributed by atoms with van der Waals surface area (Å²) in [6.07, 6.45) is 6.54. The molecule has 1 fully saturated rings. The lowest BCUT2D eigenvalue weighted by Crippen LogP contribution is -2.31. The number of benzene rings is 1. The van der Waals surface area contributed by atoms with E-state index in [0.29, 0.717) is 6.04 Å². The summed E-state index contributed by atoms with van der Waals surface area (Å²) in [6, 6.07) is 6.75. The second-order valence-corrected chi connectivity index (χ2v) is 7.51. The average Bonchev–Trinajstić information content (AvgIpc) is 2.40. The van der Waals surface area contributed by atoms with Crippen LogP contribution in [0.5, 0.6) is 0 Å². The number of rotatable bonds is 5. The summed E-state index contributed by atoms with van der Waals surface area (Å²) in [6.45, 7) is 5.67. The normalized spacial score (nSPS) is 24.6. The van der Waals surface area contributed by atoms with Gasteiger partial charge in [0.05, 0.1) is 0 Å². The molecule has 1 aliphatic carbocycles. The van der Waals surface area contributed by atoms with Crippen molar-refractivity contribution < 1.29 is 0 Å². The van der Waals surface area contributed by atoms with Gasteiger partial charge in [0.1, 0.15) is 0 Å². The molecule has 3 heteroatoms. The molecule has 0 bridgehead atoms. The van der Waals surface area contributed by atoms with Crippen LogP contribution in [-0.4, -0.2) is 6.54 Å². The van der Waals surface area contributed by atoms with Gasteiger partial charge in [0.2, 0.25) is 0 Å². The quantitative estimate of drug-likeness (QED) is 0.683. The van der Waals surface area contributed by atoms with Gasteiger partial charge in [-0.2, -0.15) is 0 Å². The second-order valence-electron chi connectivity index (χ2n) is 6.15. The highest BCUT2D eigenvalue weighted by molar-refractivity contribution is 9.10. The van der Waals surface area contributed by atoms with Gasteiger partial charge in [-0.1, -0.05) is 54.2 Å². The highest BCUT2D eigenvalue weighted by atomic mass is 79.9. The zero-order valence-corrected chi connectivity index (χ0v) is 14.8. The lowest BCUT2D eigenvalue weighted by molar-refractivity contribution is 0.231. The van der Waals surface area contributed by atoms with Crippen molar-refractivity contribution in [3.05, 3.63) is 33.3 Å². The van der Waals surface area contributed by atoms with Crippen molar-refractivity contribution in [2.45, 2.75) is 52.0 Å². The maximum atomic E-state index is 6.23. The van der Waals surface area contributed by atoms with Crippen molar-refractivity contribution in [2.75, 3.05) is 6.54 Å². The van der Waals surface area contributed by atoms with Gasteiger partial charge in [-0.25, -0.2) is 0 Å². The molecule has 1 nitrogen and oxygen atoms in total. The molecule has 1 aliphatic rings. The Labute approximate surface area is 136 Å². The molecule has 112 valence electrons. The van der Waals surface area contributed by atoms with E-state index in [-0.39, 0.29) is 0 Å². The molecule has 1 saturated carbocycles. The Hall–Kier alpha value is -0.0500. The van der Waals surface area contributed by atoms with E-state index >= 15 is 0 Å². The van der Waals surface area contributed by atoms with Crippen molar-refractivity contribution in [3.63, 3.8) is 0 Å². The Balaban J connectivity index is 2.17. The molecule has 0 aliphatic heterocycles. The third-order valence-corrected chi connectivity index (χ3v) is 5.07. The van der Waals surface area contributed by atoms with E-state index in [4.69, 9.17) is 11.6 Å². The van der Waals surface area contributed by atoms with E-state index in [1.165, 1.54) is 37.7 Å². The fourth-order valence-corrected chi connectivity index (χ4v) is 4.12. The van der Waals surface area contributed by atoms with E-state index in [2.05, 4.69) is 47.2 Å². The summed E-state index contributed by atoms with van der Waals surface area (Å²) in [4.78, 5) is 0. The van der Waals surface area contributed by atoms with Crippen molar-refractivity contribution >= 4 is 27.5 Å². The molecule has 0 radical (unpaired) electrons. The topological polar surface area (TPSA) is 12.0 Å². The third-order valence-electron chi connectivity index (χ3n) is 4.39. The molecule has 0 heterocycles. The number of hydrogen-bond donors (Lipinski definition) is 1. The van der Waals surface area contributed by atoms with Crippen molar-refractivity contribution in [1.29, 1.82) is 0 Å². The van der Waals surface area contributed by atoms with Crippen LogP contribution in [0.25, 0.3) is 0 Å². The Morgan fingerprint density at radius 1 is 1.25 bits per heavy atom. The molecular weight excluding hydrogens is 334 g/mol. The minimum atomic E-state index is 0.442. The second kappa shape index (κ2) is 7.82. The van der Waals surface area contributed by atoms with Crippen LogP contribution in [0.15, 0.2) is 22.7 Å². The van der Waals surface area contributed by atoms with E-state index in [0.717, 1.165) is 27.9 Å². The van der Waals surface area contributed by atoms with Crippen LogP contribution >= 0.6 is 27.5 Å². The van der Waals surface area contributed by atoms with Gasteiger partial charge < -0.3 is 5.32 Å². The van der Waals surface area contributed by atoms with Crippen LogP contribution in [0.4, 0.5) is 0 Å². The molecule has 1 atom stereocenters. The number of halogens is 2. The largest absolute Gasteiger partial charge is 0.310 e. The van der Waals surface area contributed by atoms with Gasteiger partial charge in [-0.05, 0) is 61.4 Å². The highest BCUT2D eigenvalue weighted by Crippen LogP contribution is 2.38. The monoisotopic (exact) mass is 357 g/mol. The molecule has 1 aromatic carbocycles. The molecule has 1 aromatic rings. The predicted molar refractivity (Wildman–Crippen MR) is 91.3 cm³/mol. The Morgan fingerprint density at radius 2 is 1.95 bits per heavy atom. The van der Waals surface area contributed by atoms with Crippen molar-refractivity contribution in [2.24, 2.45) is 11.8 Å². The summed E-state index contributed by atoms with van der Waals surface area (Å²) in [5.41, 5.74) is 1.33. The first kappa shape index (κ1) is 16.3. The smallest absolute Gasteiger partial charge is 0.0420 e. The van der Waals surface area contributed by atoms with Gasteiger partial charge in [0, 0.05) is 15.5 Å². The summed E-state index contributed by atoms with van der Waals surface area (Å²) in [7, 11) is 0. The van der Waals surface area contributed by atoms with Gasteiger partial charge in [0.15, 0.2) is 0 Å². The standard InChI is InChI=1S/C17H25BrClN/c1-3-8-20-17(13-6-4-12(2)5-7-13)14-9-15(18)11-16(19)10-14/h9-13,17,20H,3-8H2,1-2H3. The average molecular weight is 359 g/mol. The van der Waals surface area contributed by atoms with Crippen LogP contribution in [0.1, 0.15) is 57.6 Å². The van der Waals surface area contributed by atoms with Gasteiger partial charge >= 0.3 is 0 Å². The number of hydrogen-bond acceptors (Lipinski definition) is 1. The summed E-state index contributed by atoms with van der Waals surface area (Å²) >= 11 is 9.80. The molecular formula is C17H25BrClN. The Morgan fingerprint density at radius 3 is 2.55 bits per heavy atom. The van der Waals surface area contributed by atoms with Crippen LogP contribution in [0.3, 0.4) is 0 Å². The van der Waals surface area contributed by atoms with Gasteiger partial charge in [-0.3, -0.25) is 0 Å². The van der Waals surface area contributed by atoms with Gasteiger partial charge in [-0.15, -0.1) is 0 Å². The van der Waals surface area contributed by atoms with E-state index < -0.39 is 0 Å². The molecule has 0 saturated heterocycles. The highest BCUT2D eigenvalue weighted by Gasteiger charge is 2.27. The molecule has 0 spiro atoms. The predicted octanol–water partition coefficient (Wildman–Crippen LogP) is 5.97. The zero-order chi connectivity index (χ0) is 14.5. The molecule has 1 N–H and O–H groups in total. The lowest BCUT2D eigenvalue weighted by Gasteiger charge is -2.34. The first-order valence-electron chi connectivity index (χ1n) is 7.79. The van der Waals surface area contributed by atoms with Gasteiger partial charge in [0.25, 0.3) is 0 Å². The lowest BCUT2D eigenvalue weighted by atomic mass is 9.77. The van der Waals surface area contributed by atoms with Crippen LogP contribution < -0.4 is 5.32 Å². The Kier molecular flexibility index (Phi) is 6.38. The minimum absolute atomic E-state index is 0.442. The van der Waals surface area contributed by atoms with Crippen LogP contribution in [0.2, 0.25) is 5.02 Å². The molecule has 2 rings (SSSR count). The summed E-state index contributed by atoms with van der Waals surface area (Å²) in [5, 5.41) is 4.57. The minimum Gasteiger partial charge on any atom is -0.310 e. The fourth-order valence-electron chi connectivity index (χ4n) is 3.23.